The molecule has 10 heteroatoms. The number of hydrogen-bond donors (Lipinski definition) is 3. The summed E-state index contributed by atoms with van der Waals surface area (Å²) in [5.74, 6) is -2.40. The van der Waals surface area contributed by atoms with Gasteiger partial charge in [-0.1, -0.05) is 20.8 Å². The van der Waals surface area contributed by atoms with Crippen LogP contribution in [0.3, 0.4) is 0 Å². The van der Waals surface area contributed by atoms with Crippen molar-refractivity contribution in [1.82, 2.24) is 10.0 Å². The molecule has 8 nitrogen and oxygen atoms in total. The Morgan fingerprint density at radius 1 is 1.23 bits per heavy atom. The number of carboxylic acids is 1. The van der Waals surface area contributed by atoms with Gasteiger partial charge in [-0.05, 0) is 29.7 Å². The van der Waals surface area contributed by atoms with Gasteiger partial charge in [0.25, 0.3) is 0 Å². The molecule has 2 atom stereocenters. The fourth-order valence-electron chi connectivity index (χ4n) is 1.99. The summed E-state index contributed by atoms with van der Waals surface area (Å²) in [7, 11) is -3.65. The van der Waals surface area contributed by atoms with Crippen molar-refractivity contribution in [3.63, 3.8) is 0 Å². The number of nitrogens with one attached hydrogen (secondary N) is 2. The monoisotopic (exact) mass is 390 g/mol. The molecule has 0 aliphatic heterocycles. The van der Waals surface area contributed by atoms with Crippen LogP contribution in [0.25, 0.3) is 0 Å². The Hall–Kier alpha value is -2.20. The van der Waals surface area contributed by atoms with E-state index in [1.807, 2.05) is 0 Å². The largest absolute Gasteiger partial charge is 0.478 e. The average molecular weight is 390 g/mol. The van der Waals surface area contributed by atoms with Crippen LogP contribution in [0.2, 0.25) is 0 Å². The first-order valence-electron chi connectivity index (χ1n) is 7.69. The van der Waals surface area contributed by atoms with E-state index in [1.165, 1.54) is 12.1 Å². The van der Waals surface area contributed by atoms with Gasteiger partial charge in [0.05, 0.1) is 12.8 Å². The molecule has 0 radical (unpaired) electrons. The normalized spacial score (nSPS) is 14.3. The summed E-state index contributed by atoms with van der Waals surface area (Å²) in [5.41, 5.74) is -0.746. The van der Waals surface area contributed by atoms with Crippen LogP contribution in [0.4, 0.5) is 4.39 Å². The van der Waals surface area contributed by atoms with E-state index in [2.05, 4.69) is 10.0 Å². The number of rotatable bonds is 8. The van der Waals surface area contributed by atoms with Crippen LogP contribution in [0.1, 0.15) is 20.8 Å². The summed E-state index contributed by atoms with van der Waals surface area (Å²) in [6.45, 7) is 4.60. The van der Waals surface area contributed by atoms with Gasteiger partial charge in [0.2, 0.25) is 22.0 Å². The summed E-state index contributed by atoms with van der Waals surface area (Å²) in [6, 6.07) is 3.64. The molecular weight excluding hydrogens is 367 g/mol. The molecule has 0 aromatic heterocycles. The lowest BCUT2D eigenvalue weighted by Gasteiger charge is -2.30. The van der Waals surface area contributed by atoms with Crippen molar-refractivity contribution in [3.8, 4) is 5.75 Å². The number of benzene rings is 1. The van der Waals surface area contributed by atoms with Crippen molar-refractivity contribution in [2.24, 2.45) is 5.41 Å². The molecule has 146 valence electrons. The van der Waals surface area contributed by atoms with Gasteiger partial charge in [0.15, 0.2) is 0 Å². The van der Waals surface area contributed by atoms with E-state index in [0.717, 1.165) is 18.4 Å². The second-order valence-electron chi connectivity index (χ2n) is 6.83. The third kappa shape index (κ3) is 7.36. The molecule has 1 aromatic rings. The van der Waals surface area contributed by atoms with Crippen LogP contribution in [0, 0.1) is 11.2 Å². The van der Waals surface area contributed by atoms with Gasteiger partial charge in [0, 0.05) is 0 Å². The lowest BCUT2D eigenvalue weighted by Crippen LogP contribution is -2.55. The van der Waals surface area contributed by atoms with E-state index in [1.54, 1.807) is 20.8 Å². The molecule has 2 unspecified atom stereocenters. The molecule has 0 spiro atoms. The maximum atomic E-state index is 12.9. The number of ether oxygens (including phenoxy) is 1. The van der Waals surface area contributed by atoms with E-state index < -0.39 is 51.8 Å². The zero-order valence-electron chi connectivity index (χ0n) is 14.9. The highest BCUT2D eigenvalue weighted by atomic mass is 32.2. The third-order valence-corrected chi connectivity index (χ3v) is 3.95. The molecule has 0 aliphatic rings. The number of hydrogen-bond acceptors (Lipinski definition) is 5. The van der Waals surface area contributed by atoms with Crippen LogP contribution in [0.15, 0.2) is 24.3 Å². The van der Waals surface area contributed by atoms with Crippen molar-refractivity contribution in [3.05, 3.63) is 30.1 Å². The van der Waals surface area contributed by atoms with Crippen LogP contribution < -0.4 is 14.8 Å². The molecule has 0 heterocycles. The number of carboxylic acid groups (broad SMARTS) is 1. The Kier molecular flexibility index (Phi) is 7.10. The maximum Gasteiger partial charge on any atom is 0.346 e. The van der Waals surface area contributed by atoms with Gasteiger partial charge in [-0.3, -0.25) is 4.79 Å². The predicted octanol–water partition coefficient (Wildman–Crippen LogP) is 0.738. The molecule has 26 heavy (non-hydrogen) atoms. The number of sulfonamides is 1. The van der Waals surface area contributed by atoms with Gasteiger partial charge < -0.3 is 15.2 Å². The van der Waals surface area contributed by atoms with E-state index in [-0.39, 0.29) is 5.75 Å². The Labute approximate surface area is 151 Å². The van der Waals surface area contributed by atoms with Crippen molar-refractivity contribution in [2.75, 3.05) is 12.8 Å². The lowest BCUT2D eigenvalue weighted by molar-refractivity contribution is -0.145. The summed E-state index contributed by atoms with van der Waals surface area (Å²) in [6.07, 6.45) is -0.500. The number of aliphatic carboxylic acids is 1. The van der Waals surface area contributed by atoms with E-state index in [0.29, 0.717) is 0 Å². The minimum Gasteiger partial charge on any atom is -0.478 e. The van der Waals surface area contributed by atoms with Crippen molar-refractivity contribution in [1.29, 1.82) is 0 Å². The minimum absolute atomic E-state index is 0.120. The topological polar surface area (TPSA) is 122 Å². The molecular formula is C16H23FN2O6S. The van der Waals surface area contributed by atoms with Crippen molar-refractivity contribution >= 4 is 21.9 Å². The number of halogens is 1. The molecule has 0 fully saturated rings. The zero-order valence-corrected chi connectivity index (χ0v) is 15.8. The molecule has 3 N–H and O–H groups in total. The van der Waals surface area contributed by atoms with Gasteiger partial charge in [-0.25, -0.2) is 22.3 Å². The van der Waals surface area contributed by atoms with Crippen molar-refractivity contribution < 1.29 is 32.2 Å². The molecule has 0 saturated heterocycles. The summed E-state index contributed by atoms with van der Waals surface area (Å²) in [5, 5.41) is 11.6. The number of carbonyl (C=O) groups excluding carboxylic acids is 1. The van der Waals surface area contributed by atoms with E-state index in [9.17, 15) is 27.5 Å². The van der Waals surface area contributed by atoms with Crippen molar-refractivity contribution in [2.45, 2.75) is 32.9 Å². The SMILES string of the molecule is CC(C)(C)C(NS(C)(=O)=O)C(=O)NCC(Oc1ccc(F)cc1)C(=O)O. The molecule has 0 bridgehead atoms. The second-order valence-corrected chi connectivity index (χ2v) is 8.61. The van der Waals surface area contributed by atoms with E-state index in [4.69, 9.17) is 4.74 Å². The Balaban J connectivity index is 2.81. The van der Waals surface area contributed by atoms with Crippen LogP contribution >= 0.6 is 0 Å². The fourth-order valence-corrected chi connectivity index (χ4v) is 2.88. The number of carbonyl (C=O) groups is 2. The zero-order chi connectivity index (χ0) is 20.1. The highest BCUT2D eigenvalue weighted by Crippen LogP contribution is 2.20. The smallest absolute Gasteiger partial charge is 0.346 e. The molecule has 1 amide bonds. The van der Waals surface area contributed by atoms with Gasteiger partial charge in [-0.2, -0.15) is 0 Å². The Morgan fingerprint density at radius 3 is 2.19 bits per heavy atom. The van der Waals surface area contributed by atoms with Gasteiger partial charge in [-0.15, -0.1) is 0 Å². The standard InChI is InChI=1S/C16H23FN2O6S/c1-16(2,3)13(19-26(4,23)24)14(20)18-9-12(15(21)22)25-11-7-5-10(17)6-8-11/h5-8,12-13,19H,9H2,1-4H3,(H,18,20)(H,21,22). The van der Waals surface area contributed by atoms with Gasteiger partial charge >= 0.3 is 5.97 Å². The molecule has 0 saturated carbocycles. The highest BCUT2D eigenvalue weighted by Gasteiger charge is 2.34. The first kappa shape index (κ1) is 21.8. The first-order chi connectivity index (χ1) is 11.8. The highest BCUT2D eigenvalue weighted by molar-refractivity contribution is 7.88. The van der Waals surface area contributed by atoms with Crippen LogP contribution in [0.5, 0.6) is 5.75 Å². The summed E-state index contributed by atoms with van der Waals surface area (Å²) < 4.78 is 43.3. The Bertz CT molecular complexity index is 743. The fraction of sp³-hybridized carbons (Fsp3) is 0.500. The Morgan fingerprint density at radius 2 is 1.77 bits per heavy atom. The van der Waals surface area contributed by atoms with Crippen LogP contribution in [-0.4, -0.2) is 50.3 Å². The number of amides is 1. The average Bonchev–Trinajstić information content (AvgIpc) is 2.48. The van der Waals surface area contributed by atoms with Gasteiger partial charge in [0.1, 0.15) is 17.6 Å². The maximum absolute atomic E-state index is 12.9. The first-order valence-corrected chi connectivity index (χ1v) is 9.59. The molecule has 1 rings (SSSR count). The van der Waals surface area contributed by atoms with E-state index >= 15 is 0 Å². The minimum atomic E-state index is -3.65. The van der Waals surface area contributed by atoms with Crippen LogP contribution in [-0.2, 0) is 19.6 Å². The predicted molar refractivity (Wildman–Crippen MR) is 92.7 cm³/mol. The lowest BCUT2D eigenvalue weighted by atomic mass is 9.87. The molecule has 0 aliphatic carbocycles. The third-order valence-electron chi connectivity index (χ3n) is 3.29. The molecule has 1 aromatic carbocycles. The summed E-state index contributed by atoms with van der Waals surface area (Å²) in [4.78, 5) is 23.7. The summed E-state index contributed by atoms with van der Waals surface area (Å²) >= 11 is 0. The second kappa shape index (κ2) is 8.45. The quantitative estimate of drug-likeness (QED) is 0.602.